The second-order valence-corrected chi connectivity index (χ2v) is 4.16. The van der Waals surface area contributed by atoms with Gasteiger partial charge in [0.1, 0.15) is 11.8 Å². The first kappa shape index (κ1) is 14.7. The summed E-state index contributed by atoms with van der Waals surface area (Å²) < 4.78 is 65.7. The number of alkyl halides is 5. The first-order chi connectivity index (χ1) is 8.17. The third kappa shape index (κ3) is 3.32. The van der Waals surface area contributed by atoms with Crippen LogP contribution < -0.4 is 4.74 Å². The minimum atomic E-state index is -5.69. The molecule has 0 bridgehead atoms. The highest BCUT2D eigenvalue weighted by Crippen LogP contribution is 2.36. The van der Waals surface area contributed by atoms with E-state index >= 15 is 0 Å². The highest BCUT2D eigenvalue weighted by atomic mass is 79.9. The summed E-state index contributed by atoms with van der Waals surface area (Å²) in [7, 11) is 0. The standard InChI is InChI=1S/C10H5BrF5NO/c11-7-2-1-6(4-17)8(3-7)18-5-9(12,13)10(14,15)16/h1-3H,5H2. The van der Waals surface area contributed by atoms with Gasteiger partial charge in [0.15, 0.2) is 6.61 Å². The predicted molar refractivity (Wildman–Crippen MR) is 55.4 cm³/mol. The van der Waals surface area contributed by atoms with E-state index in [9.17, 15) is 22.0 Å². The second kappa shape index (κ2) is 5.10. The Labute approximate surface area is 107 Å². The number of nitrogens with zero attached hydrogens (tertiary/aromatic N) is 1. The summed E-state index contributed by atoms with van der Waals surface area (Å²) in [6.45, 7) is -1.87. The van der Waals surface area contributed by atoms with Crippen molar-refractivity contribution < 1.29 is 26.7 Å². The monoisotopic (exact) mass is 329 g/mol. The van der Waals surface area contributed by atoms with Gasteiger partial charge in [-0.3, -0.25) is 0 Å². The van der Waals surface area contributed by atoms with Gasteiger partial charge in [-0.05, 0) is 18.2 Å². The highest BCUT2D eigenvalue weighted by Gasteiger charge is 2.58. The van der Waals surface area contributed by atoms with Crippen molar-refractivity contribution in [2.45, 2.75) is 12.1 Å². The maximum absolute atomic E-state index is 12.6. The Hall–Kier alpha value is -1.36. The van der Waals surface area contributed by atoms with Crippen LogP contribution in [-0.4, -0.2) is 18.7 Å². The molecule has 0 heterocycles. The summed E-state index contributed by atoms with van der Waals surface area (Å²) >= 11 is 2.99. The molecule has 2 nitrogen and oxygen atoms in total. The molecule has 0 spiro atoms. The van der Waals surface area contributed by atoms with Gasteiger partial charge in [0, 0.05) is 4.47 Å². The fourth-order valence-electron chi connectivity index (χ4n) is 0.958. The van der Waals surface area contributed by atoms with Gasteiger partial charge in [-0.15, -0.1) is 0 Å². The zero-order valence-electron chi connectivity index (χ0n) is 8.56. The third-order valence-corrected chi connectivity index (χ3v) is 2.38. The molecule has 18 heavy (non-hydrogen) atoms. The predicted octanol–water partition coefficient (Wildman–Crippen LogP) is 3.90. The smallest absolute Gasteiger partial charge is 0.456 e. The van der Waals surface area contributed by atoms with Gasteiger partial charge in [-0.2, -0.15) is 27.2 Å². The van der Waals surface area contributed by atoms with Crippen LogP contribution in [0.4, 0.5) is 22.0 Å². The van der Waals surface area contributed by atoms with E-state index in [1.54, 1.807) is 6.07 Å². The maximum Gasteiger partial charge on any atom is 0.456 e. The molecule has 0 aliphatic heterocycles. The summed E-state index contributed by atoms with van der Waals surface area (Å²) in [6.07, 6.45) is -5.69. The molecule has 0 aliphatic carbocycles. The summed E-state index contributed by atoms with van der Waals surface area (Å²) in [4.78, 5) is 0. The van der Waals surface area contributed by atoms with Crippen LogP contribution in [0.1, 0.15) is 5.56 Å². The van der Waals surface area contributed by atoms with E-state index in [0.717, 1.165) is 6.07 Å². The highest BCUT2D eigenvalue weighted by molar-refractivity contribution is 9.10. The minimum Gasteiger partial charge on any atom is -0.485 e. The summed E-state index contributed by atoms with van der Waals surface area (Å²) in [5.41, 5.74) is -0.129. The molecule has 0 aromatic heterocycles. The number of rotatable bonds is 3. The van der Waals surface area contributed by atoms with Gasteiger partial charge in [0.05, 0.1) is 5.56 Å². The first-order valence-corrected chi connectivity index (χ1v) is 5.23. The van der Waals surface area contributed by atoms with Gasteiger partial charge in [0.25, 0.3) is 0 Å². The van der Waals surface area contributed by atoms with Crippen molar-refractivity contribution in [1.82, 2.24) is 0 Å². The molecule has 0 aliphatic rings. The fraction of sp³-hybridized carbons (Fsp3) is 0.300. The Balaban J connectivity index is 2.88. The van der Waals surface area contributed by atoms with Crippen LogP contribution in [0.2, 0.25) is 0 Å². The van der Waals surface area contributed by atoms with Gasteiger partial charge in [-0.1, -0.05) is 15.9 Å². The molecule has 98 valence electrons. The largest absolute Gasteiger partial charge is 0.485 e. The van der Waals surface area contributed by atoms with E-state index in [1.807, 2.05) is 0 Å². The van der Waals surface area contributed by atoms with Crippen molar-refractivity contribution in [3.63, 3.8) is 0 Å². The maximum atomic E-state index is 12.6. The Morgan fingerprint density at radius 3 is 2.33 bits per heavy atom. The molecule has 0 saturated heterocycles. The van der Waals surface area contributed by atoms with Gasteiger partial charge in [-0.25, -0.2) is 0 Å². The molecule has 0 N–H and O–H groups in total. The van der Waals surface area contributed by atoms with Crippen molar-refractivity contribution in [3.05, 3.63) is 28.2 Å². The van der Waals surface area contributed by atoms with Crippen molar-refractivity contribution >= 4 is 15.9 Å². The quantitative estimate of drug-likeness (QED) is 0.788. The van der Waals surface area contributed by atoms with Crippen LogP contribution in [0.15, 0.2) is 22.7 Å². The van der Waals surface area contributed by atoms with E-state index in [2.05, 4.69) is 20.7 Å². The lowest BCUT2D eigenvalue weighted by atomic mass is 10.2. The normalized spacial score (nSPS) is 12.1. The van der Waals surface area contributed by atoms with Crippen LogP contribution in [0.25, 0.3) is 0 Å². The molecule has 0 unspecified atom stereocenters. The van der Waals surface area contributed by atoms with Crippen LogP contribution in [0.5, 0.6) is 5.75 Å². The Kier molecular flexibility index (Phi) is 4.16. The molecule has 1 aromatic carbocycles. The molecule has 8 heteroatoms. The van der Waals surface area contributed by atoms with Crippen LogP contribution >= 0.6 is 15.9 Å². The zero-order valence-corrected chi connectivity index (χ0v) is 10.1. The van der Waals surface area contributed by atoms with Crippen LogP contribution in [-0.2, 0) is 0 Å². The number of halogens is 6. The van der Waals surface area contributed by atoms with E-state index < -0.39 is 18.7 Å². The Bertz CT molecular complexity index is 480. The third-order valence-electron chi connectivity index (χ3n) is 1.89. The van der Waals surface area contributed by atoms with Gasteiger partial charge in [0.2, 0.25) is 0 Å². The van der Waals surface area contributed by atoms with Gasteiger partial charge < -0.3 is 4.74 Å². The second-order valence-electron chi connectivity index (χ2n) is 3.24. The van der Waals surface area contributed by atoms with E-state index in [-0.39, 0.29) is 11.3 Å². The lowest BCUT2D eigenvalue weighted by molar-refractivity contribution is -0.290. The summed E-state index contributed by atoms with van der Waals surface area (Å²) in [5, 5.41) is 8.64. The van der Waals surface area contributed by atoms with E-state index in [4.69, 9.17) is 5.26 Å². The molecule has 0 amide bonds. The summed E-state index contributed by atoms with van der Waals surface area (Å²) in [5.74, 6) is -5.31. The number of ether oxygens (including phenoxy) is 1. The average molecular weight is 330 g/mol. The fourth-order valence-corrected chi connectivity index (χ4v) is 1.30. The molecule has 1 rings (SSSR count). The van der Waals surface area contributed by atoms with Crippen LogP contribution in [0, 0.1) is 11.3 Å². The molecule has 0 radical (unpaired) electrons. The van der Waals surface area contributed by atoms with Crippen molar-refractivity contribution in [3.8, 4) is 11.8 Å². The van der Waals surface area contributed by atoms with Crippen LogP contribution in [0.3, 0.4) is 0 Å². The SMILES string of the molecule is N#Cc1ccc(Br)cc1OCC(F)(F)C(F)(F)F. The number of hydrogen-bond donors (Lipinski definition) is 0. The Morgan fingerprint density at radius 1 is 1.22 bits per heavy atom. The molecular formula is C10H5BrF5NO. The Morgan fingerprint density at radius 2 is 1.83 bits per heavy atom. The first-order valence-electron chi connectivity index (χ1n) is 4.44. The average Bonchev–Trinajstić information content (AvgIpc) is 2.25. The number of nitriles is 1. The zero-order chi connectivity index (χ0) is 14.0. The van der Waals surface area contributed by atoms with Crippen molar-refractivity contribution in [2.75, 3.05) is 6.61 Å². The molecular weight excluding hydrogens is 325 g/mol. The van der Waals surface area contributed by atoms with Crippen molar-refractivity contribution in [2.24, 2.45) is 0 Å². The summed E-state index contributed by atoms with van der Waals surface area (Å²) in [6, 6.07) is 5.45. The molecule has 0 saturated carbocycles. The number of hydrogen-bond acceptors (Lipinski definition) is 2. The molecule has 1 aromatic rings. The van der Waals surface area contributed by atoms with E-state index in [1.165, 1.54) is 12.1 Å². The molecule has 0 atom stereocenters. The number of benzene rings is 1. The minimum absolute atomic E-state index is 0.129. The lowest BCUT2D eigenvalue weighted by Gasteiger charge is -2.20. The van der Waals surface area contributed by atoms with Crippen molar-refractivity contribution in [1.29, 1.82) is 5.26 Å². The lowest BCUT2D eigenvalue weighted by Crippen LogP contribution is -2.41. The topological polar surface area (TPSA) is 33.0 Å². The van der Waals surface area contributed by atoms with Gasteiger partial charge >= 0.3 is 12.1 Å². The molecule has 0 fully saturated rings. The van der Waals surface area contributed by atoms with E-state index in [0.29, 0.717) is 4.47 Å².